The van der Waals surface area contributed by atoms with Gasteiger partial charge in [0, 0.05) is 18.0 Å². The van der Waals surface area contributed by atoms with Crippen molar-refractivity contribution >= 4 is 36.3 Å². The number of halogens is 1. The molecule has 2 atom stereocenters. The van der Waals surface area contributed by atoms with E-state index in [-0.39, 0.29) is 24.1 Å². The summed E-state index contributed by atoms with van der Waals surface area (Å²) in [5, 5.41) is 4.82. The summed E-state index contributed by atoms with van der Waals surface area (Å²) in [7, 11) is 3.52. The number of fused-ring (bicyclic) bond motifs is 1. The van der Waals surface area contributed by atoms with Gasteiger partial charge >= 0.3 is 0 Å². The van der Waals surface area contributed by atoms with Gasteiger partial charge in [-0.3, -0.25) is 9.36 Å². The van der Waals surface area contributed by atoms with Crippen LogP contribution in [0.5, 0.6) is 0 Å². The van der Waals surface area contributed by atoms with E-state index in [1.165, 1.54) is 4.57 Å². The maximum atomic E-state index is 12.9. The van der Waals surface area contributed by atoms with E-state index in [1.54, 1.807) is 25.8 Å². The minimum Gasteiger partial charge on any atom is -0.373 e. The number of aryl methyl sites for hydroxylation is 1. The summed E-state index contributed by atoms with van der Waals surface area (Å²) in [5.74, 6) is 0.967. The van der Waals surface area contributed by atoms with Crippen LogP contribution < -0.4 is 11.3 Å². The summed E-state index contributed by atoms with van der Waals surface area (Å²) >= 11 is 5.96. The van der Waals surface area contributed by atoms with Gasteiger partial charge < -0.3 is 13.8 Å². The summed E-state index contributed by atoms with van der Waals surface area (Å²) in [5.41, 5.74) is 2.29. The Bertz CT molecular complexity index is 1280. The van der Waals surface area contributed by atoms with Crippen molar-refractivity contribution in [2.75, 3.05) is 6.61 Å². The van der Waals surface area contributed by atoms with E-state index >= 15 is 0 Å². The van der Waals surface area contributed by atoms with Gasteiger partial charge in [0.05, 0.1) is 24.8 Å². The van der Waals surface area contributed by atoms with E-state index in [9.17, 15) is 4.79 Å². The molecule has 11 heteroatoms. The lowest BCUT2D eigenvalue weighted by molar-refractivity contribution is 0.110. The van der Waals surface area contributed by atoms with Crippen molar-refractivity contribution in [1.29, 1.82) is 0 Å². The molecule has 3 aromatic heterocycles. The highest BCUT2D eigenvalue weighted by Gasteiger charge is 2.31. The Kier molecular flexibility index (Phi) is 4.67. The van der Waals surface area contributed by atoms with Crippen LogP contribution in [0, 0.1) is 0 Å². The summed E-state index contributed by atoms with van der Waals surface area (Å²) in [6.07, 6.45) is 2.29. The van der Waals surface area contributed by atoms with E-state index in [0.29, 0.717) is 40.2 Å². The molecule has 152 valence electrons. The normalized spacial score (nSPS) is 19.0. The molecule has 0 N–H and O–H groups in total. The first-order valence-corrected chi connectivity index (χ1v) is 9.95. The summed E-state index contributed by atoms with van der Waals surface area (Å²) in [4.78, 5) is 25.9. The van der Waals surface area contributed by atoms with Crippen molar-refractivity contribution in [2.45, 2.75) is 25.0 Å². The SMILES string of the molecule is Bc1nc2ncn(C)c2c(=O)n1Cc1nc([C@@H]2CO[C@@H](c3ccc(Cl)cc3)C2)no1. The molecule has 1 fully saturated rings. The zero-order valence-corrected chi connectivity index (χ0v) is 17.2. The maximum absolute atomic E-state index is 12.9. The molecule has 0 amide bonds. The third kappa shape index (κ3) is 3.31. The first-order valence-electron chi connectivity index (χ1n) is 9.57. The Morgan fingerprint density at radius 1 is 1.27 bits per heavy atom. The molecule has 9 nitrogen and oxygen atoms in total. The molecule has 1 aliphatic rings. The monoisotopic (exact) mass is 424 g/mol. The number of hydrogen-bond donors (Lipinski definition) is 0. The van der Waals surface area contributed by atoms with E-state index < -0.39 is 0 Å². The van der Waals surface area contributed by atoms with Crippen molar-refractivity contribution in [1.82, 2.24) is 29.2 Å². The van der Waals surface area contributed by atoms with E-state index in [4.69, 9.17) is 20.9 Å². The number of aromatic nitrogens is 6. The van der Waals surface area contributed by atoms with Crippen molar-refractivity contribution in [3.05, 3.63) is 63.2 Å². The highest BCUT2D eigenvalue weighted by molar-refractivity contribution is 6.30. The molecule has 0 radical (unpaired) electrons. The molecule has 4 aromatic rings. The number of imidazole rings is 1. The average molecular weight is 425 g/mol. The molecule has 1 aliphatic heterocycles. The second kappa shape index (κ2) is 7.37. The Morgan fingerprint density at radius 2 is 2.07 bits per heavy atom. The van der Waals surface area contributed by atoms with Gasteiger partial charge in [0.15, 0.2) is 24.8 Å². The first-order chi connectivity index (χ1) is 14.5. The second-order valence-corrected chi connectivity index (χ2v) is 7.87. The van der Waals surface area contributed by atoms with Crippen molar-refractivity contribution in [3.8, 4) is 0 Å². The van der Waals surface area contributed by atoms with E-state index in [0.717, 1.165) is 12.0 Å². The fourth-order valence-corrected chi connectivity index (χ4v) is 3.90. The zero-order chi connectivity index (χ0) is 20.8. The number of nitrogens with zero attached hydrogens (tertiary/aromatic N) is 6. The summed E-state index contributed by atoms with van der Waals surface area (Å²) in [6, 6.07) is 7.64. The highest BCUT2D eigenvalue weighted by atomic mass is 35.5. The molecule has 0 aliphatic carbocycles. The first kappa shape index (κ1) is 19.0. The fraction of sp³-hybridized carbons (Fsp3) is 0.316. The van der Waals surface area contributed by atoms with Gasteiger partial charge in [0.25, 0.3) is 5.56 Å². The van der Waals surface area contributed by atoms with Gasteiger partial charge in [0.2, 0.25) is 5.89 Å². The molecule has 0 unspecified atom stereocenters. The van der Waals surface area contributed by atoms with Crippen LogP contribution in [-0.2, 0) is 18.3 Å². The lowest BCUT2D eigenvalue weighted by Gasteiger charge is -2.09. The Hall–Kier alpha value is -2.98. The summed E-state index contributed by atoms with van der Waals surface area (Å²) in [6.45, 7) is 0.660. The lowest BCUT2D eigenvalue weighted by Crippen LogP contribution is -2.36. The van der Waals surface area contributed by atoms with Crippen LogP contribution >= 0.6 is 11.6 Å². The minimum atomic E-state index is -0.191. The standard InChI is InChI=1S/C19H18BClN6O3/c1-26-9-22-17-15(26)18(28)27(19(20)24-17)7-14-23-16(25-30-14)11-6-13(29-8-11)10-2-4-12(21)5-3-10/h2-5,9,11,13H,6-8,20H2,1H3/t11-,13+/m0/s1. The van der Waals surface area contributed by atoms with Crippen molar-refractivity contribution < 1.29 is 9.26 Å². The third-order valence-corrected chi connectivity index (χ3v) is 5.66. The van der Waals surface area contributed by atoms with Gasteiger partial charge in [0.1, 0.15) is 6.54 Å². The van der Waals surface area contributed by atoms with Crippen LogP contribution in [-0.4, -0.2) is 43.7 Å². The van der Waals surface area contributed by atoms with Gasteiger partial charge in [-0.15, -0.1) is 0 Å². The topological polar surface area (TPSA) is 101 Å². The predicted molar refractivity (Wildman–Crippen MR) is 112 cm³/mol. The van der Waals surface area contributed by atoms with Gasteiger partial charge in [-0.1, -0.05) is 28.9 Å². The molecule has 0 bridgehead atoms. The molecule has 0 spiro atoms. The van der Waals surface area contributed by atoms with E-state index in [1.807, 2.05) is 24.3 Å². The molecule has 4 heterocycles. The number of rotatable bonds is 4. The average Bonchev–Trinajstić information content (AvgIpc) is 3.46. The Labute approximate surface area is 177 Å². The van der Waals surface area contributed by atoms with E-state index in [2.05, 4.69) is 20.1 Å². The number of benzene rings is 1. The third-order valence-electron chi connectivity index (χ3n) is 5.41. The maximum Gasteiger partial charge on any atom is 0.279 e. The highest BCUT2D eigenvalue weighted by Crippen LogP contribution is 2.37. The summed E-state index contributed by atoms with van der Waals surface area (Å²) < 4.78 is 14.5. The van der Waals surface area contributed by atoms with Gasteiger partial charge in [-0.05, 0) is 24.1 Å². The van der Waals surface area contributed by atoms with Crippen LogP contribution in [0.25, 0.3) is 11.2 Å². The molecule has 1 saturated heterocycles. The molecule has 30 heavy (non-hydrogen) atoms. The van der Waals surface area contributed by atoms with Crippen molar-refractivity contribution in [2.24, 2.45) is 7.05 Å². The quantitative estimate of drug-likeness (QED) is 0.445. The molecular weight excluding hydrogens is 407 g/mol. The molecule has 5 rings (SSSR count). The minimum absolute atomic E-state index is 0.0266. The van der Waals surface area contributed by atoms with Crippen LogP contribution in [0.3, 0.4) is 0 Å². The fourth-order valence-electron chi connectivity index (χ4n) is 3.77. The van der Waals surface area contributed by atoms with Gasteiger partial charge in [-0.2, -0.15) is 4.98 Å². The van der Waals surface area contributed by atoms with Crippen LogP contribution in [0.4, 0.5) is 0 Å². The predicted octanol–water partition coefficient (Wildman–Crippen LogP) is 0.718. The Balaban J connectivity index is 1.35. The molecule has 1 aromatic carbocycles. The second-order valence-electron chi connectivity index (χ2n) is 7.43. The number of hydrogen-bond acceptors (Lipinski definition) is 7. The lowest BCUT2D eigenvalue weighted by atomic mass is 10.0. The number of ether oxygens (including phenoxy) is 1. The zero-order valence-electron chi connectivity index (χ0n) is 16.4. The van der Waals surface area contributed by atoms with Gasteiger partial charge in [-0.25, -0.2) is 9.97 Å². The molecule has 0 saturated carbocycles. The Morgan fingerprint density at radius 3 is 2.87 bits per heavy atom. The smallest absolute Gasteiger partial charge is 0.279 e. The van der Waals surface area contributed by atoms with Crippen LogP contribution in [0.2, 0.25) is 5.02 Å². The van der Waals surface area contributed by atoms with Crippen LogP contribution in [0.1, 0.15) is 35.7 Å². The van der Waals surface area contributed by atoms with Crippen LogP contribution in [0.15, 0.2) is 39.9 Å². The largest absolute Gasteiger partial charge is 0.373 e. The molecular formula is C19H18BClN6O3. The van der Waals surface area contributed by atoms with Crippen molar-refractivity contribution in [3.63, 3.8) is 0 Å².